The van der Waals surface area contributed by atoms with E-state index in [1.807, 2.05) is 50.5 Å². The molecule has 0 saturated heterocycles. The molecular weight excluding hydrogens is 332 g/mol. The van der Waals surface area contributed by atoms with Crippen molar-refractivity contribution >= 4 is 23.2 Å². The molecule has 0 aliphatic heterocycles. The maximum Gasteiger partial charge on any atom is 0.235 e. The molecule has 0 spiro atoms. The van der Waals surface area contributed by atoms with Gasteiger partial charge in [-0.25, -0.2) is 0 Å². The highest BCUT2D eigenvalue weighted by atomic mass is 35.5. The van der Waals surface area contributed by atoms with Crippen molar-refractivity contribution in [2.75, 3.05) is 19.4 Å². The second-order valence-corrected chi connectivity index (χ2v) is 7.62. The Morgan fingerprint density at radius 1 is 1.12 bits per heavy atom. The number of nitrogens with zero attached hydrogens (tertiary/aromatic N) is 1. The molecular formula is C21H25ClN2O. The van der Waals surface area contributed by atoms with Gasteiger partial charge in [0.15, 0.2) is 0 Å². The van der Waals surface area contributed by atoms with Crippen molar-refractivity contribution in [2.24, 2.45) is 0 Å². The van der Waals surface area contributed by atoms with Crippen LogP contribution in [0.25, 0.3) is 0 Å². The average molecular weight is 357 g/mol. The van der Waals surface area contributed by atoms with Crippen LogP contribution in [0.15, 0.2) is 48.5 Å². The number of hydrogen-bond acceptors (Lipinski definition) is 2. The summed E-state index contributed by atoms with van der Waals surface area (Å²) in [6.07, 6.45) is 3.93. The maximum absolute atomic E-state index is 13.2. The number of nitrogens with one attached hydrogen (secondary N) is 1. The summed E-state index contributed by atoms with van der Waals surface area (Å²) in [4.78, 5) is 15.3. The lowest BCUT2D eigenvalue weighted by atomic mass is 9.78. The molecule has 3 nitrogen and oxygen atoms in total. The fourth-order valence-electron chi connectivity index (χ4n) is 3.76. The highest BCUT2D eigenvalue weighted by molar-refractivity contribution is 6.30. The van der Waals surface area contributed by atoms with E-state index in [9.17, 15) is 4.79 Å². The normalized spacial score (nSPS) is 16.2. The van der Waals surface area contributed by atoms with Gasteiger partial charge in [-0.15, -0.1) is 0 Å². The third-order valence-electron chi connectivity index (χ3n) is 4.97. The Morgan fingerprint density at radius 3 is 2.44 bits per heavy atom. The SMILES string of the molecule is CN(C)Cc1cccc(NC(=O)C2(c3ccc(Cl)cc3)CCCC2)c1. The minimum Gasteiger partial charge on any atom is -0.325 e. The van der Waals surface area contributed by atoms with Crippen LogP contribution in [0.2, 0.25) is 5.02 Å². The van der Waals surface area contributed by atoms with Crippen molar-refractivity contribution in [3.8, 4) is 0 Å². The van der Waals surface area contributed by atoms with Gasteiger partial charge >= 0.3 is 0 Å². The molecule has 132 valence electrons. The van der Waals surface area contributed by atoms with Crippen LogP contribution < -0.4 is 5.32 Å². The monoisotopic (exact) mass is 356 g/mol. The lowest BCUT2D eigenvalue weighted by Gasteiger charge is -2.28. The van der Waals surface area contributed by atoms with E-state index >= 15 is 0 Å². The summed E-state index contributed by atoms with van der Waals surface area (Å²) in [5.74, 6) is 0.0920. The molecule has 0 bridgehead atoms. The molecule has 2 aromatic carbocycles. The number of carbonyl (C=O) groups is 1. The van der Waals surface area contributed by atoms with Crippen molar-refractivity contribution in [1.82, 2.24) is 4.90 Å². The van der Waals surface area contributed by atoms with Crippen molar-refractivity contribution in [2.45, 2.75) is 37.6 Å². The van der Waals surface area contributed by atoms with E-state index in [2.05, 4.69) is 22.3 Å². The van der Waals surface area contributed by atoms with Gasteiger partial charge in [0.2, 0.25) is 5.91 Å². The number of benzene rings is 2. The predicted molar refractivity (Wildman–Crippen MR) is 104 cm³/mol. The van der Waals surface area contributed by atoms with Crippen LogP contribution in [-0.2, 0) is 16.8 Å². The molecule has 0 heterocycles. The summed E-state index contributed by atoms with van der Waals surface area (Å²) in [6.45, 7) is 0.853. The Labute approximate surface area is 155 Å². The van der Waals surface area contributed by atoms with E-state index in [0.717, 1.165) is 43.5 Å². The Kier molecular flexibility index (Phi) is 5.45. The van der Waals surface area contributed by atoms with Crippen LogP contribution in [-0.4, -0.2) is 24.9 Å². The summed E-state index contributed by atoms with van der Waals surface area (Å²) in [6, 6.07) is 15.8. The molecule has 1 aliphatic carbocycles. The van der Waals surface area contributed by atoms with Gasteiger partial charge < -0.3 is 10.2 Å². The first-order valence-electron chi connectivity index (χ1n) is 8.81. The topological polar surface area (TPSA) is 32.3 Å². The number of hydrogen-bond donors (Lipinski definition) is 1. The van der Waals surface area contributed by atoms with Gasteiger partial charge in [0.05, 0.1) is 5.41 Å². The Balaban J connectivity index is 1.83. The van der Waals surface area contributed by atoms with Crippen molar-refractivity contribution in [3.05, 3.63) is 64.7 Å². The number of halogens is 1. The highest BCUT2D eigenvalue weighted by Gasteiger charge is 2.42. The van der Waals surface area contributed by atoms with Gasteiger partial charge in [0.25, 0.3) is 0 Å². The van der Waals surface area contributed by atoms with Crippen molar-refractivity contribution in [1.29, 1.82) is 0 Å². The van der Waals surface area contributed by atoms with Gasteiger partial charge in [0, 0.05) is 17.3 Å². The molecule has 0 atom stereocenters. The van der Waals surface area contributed by atoms with Crippen LogP contribution in [0.4, 0.5) is 5.69 Å². The molecule has 1 aliphatic rings. The summed E-state index contributed by atoms with van der Waals surface area (Å²) < 4.78 is 0. The van der Waals surface area contributed by atoms with Gasteiger partial charge in [-0.05, 0) is 62.3 Å². The zero-order chi connectivity index (χ0) is 17.9. The Morgan fingerprint density at radius 2 is 1.80 bits per heavy atom. The molecule has 4 heteroatoms. The predicted octanol–water partition coefficient (Wildman–Crippen LogP) is 4.85. The Bertz CT molecular complexity index is 734. The van der Waals surface area contributed by atoms with Crippen LogP contribution >= 0.6 is 11.6 Å². The summed E-state index contributed by atoms with van der Waals surface area (Å²) in [5, 5.41) is 3.86. The standard InChI is InChI=1S/C21H25ClN2O/c1-24(2)15-16-6-5-7-19(14-16)23-20(25)21(12-3-4-13-21)17-8-10-18(22)11-9-17/h5-11,14H,3-4,12-13,15H2,1-2H3,(H,23,25). The van der Waals surface area contributed by atoms with Crippen LogP contribution in [0, 0.1) is 0 Å². The van der Waals surface area contributed by atoms with Crippen LogP contribution in [0.1, 0.15) is 36.8 Å². The minimum atomic E-state index is -0.442. The quantitative estimate of drug-likeness (QED) is 0.830. The molecule has 1 saturated carbocycles. The lowest BCUT2D eigenvalue weighted by Crippen LogP contribution is -2.38. The average Bonchev–Trinajstić information content (AvgIpc) is 3.06. The fraction of sp³-hybridized carbons (Fsp3) is 0.381. The molecule has 0 unspecified atom stereocenters. The van der Waals surface area contributed by atoms with E-state index < -0.39 is 5.41 Å². The summed E-state index contributed by atoms with van der Waals surface area (Å²) in [5.41, 5.74) is 2.68. The molecule has 0 aromatic heterocycles. The van der Waals surface area contributed by atoms with E-state index in [0.29, 0.717) is 5.02 Å². The number of anilines is 1. The van der Waals surface area contributed by atoms with E-state index in [4.69, 9.17) is 11.6 Å². The third-order valence-corrected chi connectivity index (χ3v) is 5.22. The minimum absolute atomic E-state index is 0.0920. The lowest BCUT2D eigenvalue weighted by molar-refractivity contribution is -0.121. The molecule has 1 amide bonds. The first kappa shape index (κ1) is 18.0. The van der Waals surface area contributed by atoms with Crippen molar-refractivity contribution in [3.63, 3.8) is 0 Å². The zero-order valence-electron chi connectivity index (χ0n) is 14.9. The molecule has 3 rings (SSSR count). The molecule has 25 heavy (non-hydrogen) atoms. The molecule has 2 aromatic rings. The molecule has 1 fully saturated rings. The fourth-order valence-corrected chi connectivity index (χ4v) is 3.88. The number of rotatable bonds is 5. The van der Waals surface area contributed by atoms with E-state index in [1.54, 1.807) is 0 Å². The van der Waals surface area contributed by atoms with Crippen LogP contribution in [0.3, 0.4) is 0 Å². The van der Waals surface area contributed by atoms with Gasteiger partial charge in [0.1, 0.15) is 0 Å². The Hall–Kier alpha value is -1.84. The second-order valence-electron chi connectivity index (χ2n) is 7.19. The van der Waals surface area contributed by atoms with Gasteiger partial charge in [-0.2, -0.15) is 0 Å². The highest BCUT2D eigenvalue weighted by Crippen LogP contribution is 2.42. The first-order chi connectivity index (χ1) is 12.0. The smallest absolute Gasteiger partial charge is 0.235 e. The molecule has 1 N–H and O–H groups in total. The third kappa shape index (κ3) is 4.05. The van der Waals surface area contributed by atoms with E-state index in [-0.39, 0.29) is 5.91 Å². The van der Waals surface area contributed by atoms with E-state index in [1.165, 1.54) is 5.56 Å². The van der Waals surface area contributed by atoms with Gasteiger partial charge in [-0.3, -0.25) is 4.79 Å². The zero-order valence-corrected chi connectivity index (χ0v) is 15.6. The van der Waals surface area contributed by atoms with Crippen molar-refractivity contribution < 1.29 is 4.79 Å². The number of amides is 1. The maximum atomic E-state index is 13.2. The summed E-state index contributed by atoms with van der Waals surface area (Å²) >= 11 is 6.03. The molecule has 0 radical (unpaired) electrons. The van der Waals surface area contributed by atoms with Crippen LogP contribution in [0.5, 0.6) is 0 Å². The second kappa shape index (κ2) is 7.59. The largest absolute Gasteiger partial charge is 0.325 e. The summed E-state index contributed by atoms with van der Waals surface area (Å²) in [7, 11) is 4.08. The first-order valence-corrected chi connectivity index (χ1v) is 9.19. The number of carbonyl (C=O) groups excluding carboxylic acids is 1. The van der Waals surface area contributed by atoms with Gasteiger partial charge in [-0.1, -0.05) is 48.7 Å².